The van der Waals surface area contributed by atoms with Gasteiger partial charge in [-0.15, -0.1) is 0 Å². The molecule has 31 heavy (non-hydrogen) atoms. The molecule has 0 fully saturated rings. The van der Waals surface area contributed by atoms with Crippen molar-refractivity contribution in [3.63, 3.8) is 0 Å². The quantitative estimate of drug-likeness (QED) is 0.472. The lowest BCUT2D eigenvalue weighted by Gasteiger charge is -2.25. The summed E-state index contributed by atoms with van der Waals surface area (Å²) in [4.78, 5) is 28.9. The van der Waals surface area contributed by atoms with Gasteiger partial charge in [-0.2, -0.15) is 0 Å². The minimum atomic E-state index is -0.471. The molecule has 4 rings (SSSR count). The monoisotopic (exact) mass is 419 g/mol. The molecule has 1 aromatic heterocycles. The Morgan fingerprint density at radius 2 is 1.87 bits per heavy atom. The first-order valence-electron chi connectivity index (χ1n) is 11.1. The highest BCUT2D eigenvalue weighted by Crippen LogP contribution is 2.39. The van der Waals surface area contributed by atoms with Crippen LogP contribution < -0.4 is 10.2 Å². The number of nitrogens with zero attached hydrogens (tertiary/aromatic N) is 1. The number of carbonyl (C=O) groups is 1. The Kier molecular flexibility index (Phi) is 5.86. The molecule has 1 amide bonds. The highest BCUT2D eigenvalue weighted by Gasteiger charge is 2.42. The number of unbranched alkanes of at least 4 members (excludes halogenated alkanes) is 2. The molecule has 0 radical (unpaired) electrons. The van der Waals surface area contributed by atoms with Gasteiger partial charge in [-0.25, -0.2) is 0 Å². The Labute approximate surface area is 182 Å². The van der Waals surface area contributed by atoms with E-state index in [1.165, 1.54) is 0 Å². The molecule has 0 aliphatic carbocycles. The minimum Gasteiger partial charge on any atom is -0.494 e. The second kappa shape index (κ2) is 8.58. The van der Waals surface area contributed by atoms with Crippen molar-refractivity contribution in [3.05, 3.63) is 74.6 Å². The van der Waals surface area contributed by atoms with E-state index < -0.39 is 6.04 Å². The first-order valence-corrected chi connectivity index (χ1v) is 11.1. The summed E-state index contributed by atoms with van der Waals surface area (Å²) >= 11 is 0. The largest absolute Gasteiger partial charge is 0.494 e. The second-order valence-electron chi connectivity index (χ2n) is 8.24. The van der Waals surface area contributed by atoms with Crippen LogP contribution in [0, 0.1) is 13.8 Å². The van der Waals surface area contributed by atoms with Gasteiger partial charge in [0.1, 0.15) is 11.3 Å². The van der Waals surface area contributed by atoms with E-state index in [0.29, 0.717) is 29.7 Å². The standard InChI is InChI=1S/C26H29NO4/c1-5-7-8-12-27-23(18-10-9-11-19(15-18)30-6-2)22-24(28)21-17(4)13-16(3)14-20(21)31-25(22)26(27)29/h9-11,13-15,23H,5-8,12H2,1-4H3. The third-order valence-electron chi connectivity index (χ3n) is 5.90. The summed E-state index contributed by atoms with van der Waals surface area (Å²) < 4.78 is 11.8. The van der Waals surface area contributed by atoms with Crippen LogP contribution in [0.15, 0.2) is 45.6 Å². The normalized spacial score (nSPS) is 15.5. The van der Waals surface area contributed by atoms with E-state index in [0.717, 1.165) is 41.7 Å². The Balaban J connectivity index is 1.93. The average Bonchev–Trinajstić information content (AvgIpc) is 3.00. The van der Waals surface area contributed by atoms with Crippen molar-refractivity contribution < 1.29 is 13.9 Å². The number of amides is 1. The second-order valence-corrected chi connectivity index (χ2v) is 8.24. The summed E-state index contributed by atoms with van der Waals surface area (Å²) in [5, 5.41) is 0.554. The summed E-state index contributed by atoms with van der Waals surface area (Å²) in [6, 6.07) is 11.0. The number of fused-ring (bicyclic) bond motifs is 2. The fourth-order valence-corrected chi connectivity index (χ4v) is 4.56. The maximum atomic E-state index is 13.7. The highest BCUT2D eigenvalue weighted by molar-refractivity contribution is 5.99. The molecule has 162 valence electrons. The van der Waals surface area contributed by atoms with Crippen LogP contribution in [0.25, 0.3) is 11.0 Å². The summed E-state index contributed by atoms with van der Waals surface area (Å²) in [6.45, 7) is 9.07. The van der Waals surface area contributed by atoms with Crippen molar-refractivity contribution in [2.24, 2.45) is 0 Å². The zero-order chi connectivity index (χ0) is 22.1. The van der Waals surface area contributed by atoms with E-state index in [-0.39, 0.29) is 17.1 Å². The average molecular weight is 420 g/mol. The first-order chi connectivity index (χ1) is 15.0. The lowest BCUT2D eigenvalue weighted by molar-refractivity contribution is 0.0724. The van der Waals surface area contributed by atoms with Gasteiger partial charge in [-0.3, -0.25) is 9.59 Å². The molecule has 3 aromatic rings. The summed E-state index contributed by atoms with van der Waals surface area (Å²) in [5.74, 6) is 0.688. The SMILES string of the molecule is CCCCCN1C(=O)c2oc3cc(C)cc(C)c3c(=O)c2C1c1cccc(OCC)c1. The summed E-state index contributed by atoms with van der Waals surface area (Å²) in [7, 11) is 0. The molecule has 0 spiro atoms. The van der Waals surface area contributed by atoms with Crippen LogP contribution in [0.4, 0.5) is 0 Å². The van der Waals surface area contributed by atoms with Gasteiger partial charge in [0.15, 0.2) is 5.43 Å². The number of carbonyl (C=O) groups excluding carboxylic acids is 1. The summed E-state index contributed by atoms with van der Waals surface area (Å²) in [6.07, 6.45) is 2.95. The molecule has 0 saturated carbocycles. The van der Waals surface area contributed by atoms with Crippen molar-refractivity contribution >= 4 is 16.9 Å². The highest BCUT2D eigenvalue weighted by atomic mass is 16.5. The smallest absolute Gasteiger partial charge is 0.290 e. The number of hydrogen-bond donors (Lipinski definition) is 0. The predicted molar refractivity (Wildman–Crippen MR) is 122 cm³/mol. The van der Waals surface area contributed by atoms with Crippen LogP contribution in [-0.2, 0) is 0 Å². The lowest BCUT2D eigenvalue weighted by Crippen LogP contribution is -2.30. The van der Waals surface area contributed by atoms with Gasteiger partial charge in [0.25, 0.3) is 5.91 Å². The molecular weight excluding hydrogens is 390 g/mol. The number of aryl methyl sites for hydroxylation is 2. The Morgan fingerprint density at radius 1 is 1.06 bits per heavy atom. The molecule has 5 heteroatoms. The molecule has 5 nitrogen and oxygen atoms in total. The van der Waals surface area contributed by atoms with Crippen molar-refractivity contribution in [3.8, 4) is 5.75 Å². The van der Waals surface area contributed by atoms with E-state index in [2.05, 4.69) is 6.92 Å². The number of hydrogen-bond acceptors (Lipinski definition) is 4. The van der Waals surface area contributed by atoms with E-state index in [1.54, 1.807) is 4.90 Å². The zero-order valence-corrected chi connectivity index (χ0v) is 18.7. The fraction of sp³-hybridized carbons (Fsp3) is 0.385. The molecule has 1 aliphatic rings. The van der Waals surface area contributed by atoms with Gasteiger partial charge in [-0.1, -0.05) is 38.0 Å². The van der Waals surface area contributed by atoms with E-state index in [9.17, 15) is 9.59 Å². The zero-order valence-electron chi connectivity index (χ0n) is 18.7. The third kappa shape index (κ3) is 3.73. The van der Waals surface area contributed by atoms with Gasteiger partial charge in [0.05, 0.1) is 23.6 Å². The van der Waals surface area contributed by atoms with Crippen molar-refractivity contribution in [2.75, 3.05) is 13.2 Å². The van der Waals surface area contributed by atoms with Crippen LogP contribution in [0.2, 0.25) is 0 Å². The molecule has 0 saturated heterocycles. The fourth-order valence-electron chi connectivity index (χ4n) is 4.56. The Bertz CT molecular complexity index is 1190. The van der Waals surface area contributed by atoms with E-state index in [4.69, 9.17) is 9.15 Å². The number of benzene rings is 2. The van der Waals surface area contributed by atoms with Crippen LogP contribution >= 0.6 is 0 Å². The predicted octanol–water partition coefficient (Wildman–Crippen LogP) is 5.54. The molecule has 2 aromatic carbocycles. The number of rotatable bonds is 7. The van der Waals surface area contributed by atoms with Crippen molar-refractivity contribution in [2.45, 2.75) is 53.0 Å². The molecule has 0 N–H and O–H groups in total. The van der Waals surface area contributed by atoms with Gasteiger partial charge >= 0.3 is 0 Å². The van der Waals surface area contributed by atoms with Crippen LogP contribution in [-0.4, -0.2) is 24.0 Å². The van der Waals surface area contributed by atoms with Crippen molar-refractivity contribution in [1.29, 1.82) is 0 Å². The molecular formula is C26H29NO4. The van der Waals surface area contributed by atoms with Crippen LogP contribution in [0.1, 0.15) is 72.0 Å². The maximum Gasteiger partial charge on any atom is 0.290 e. The van der Waals surface area contributed by atoms with Crippen LogP contribution in [0.3, 0.4) is 0 Å². The van der Waals surface area contributed by atoms with Gasteiger partial charge in [-0.05, 0) is 62.1 Å². The van der Waals surface area contributed by atoms with E-state index in [1.807, 2.05) is 57.2 Å². The third-order valence-corrected chi connectivity index (χ3v) is 5.90. The van der Waals surface area contributed by atoms with Gasteiger partial charge < -0.3 is 14.1 Å². The first kappa shape index (κ1) is 21.2. The lowest BCUT2D eigenvalue weighted by atomic mass is 9.96. The Hall–Kier alpha value is -3.08. The Morgan fingerprint density at radius 3 is 2.61 bits per heavy atom. The van der Waals surface area contributed by atoms with Gasteiger partial charge in [0, 0.05) is 6.54 Å². The molecule has 1 aliphatic heterocycles. The molecule has 2 heterocycles. The van der Waals surface area contributed by atoms with Crippen molar-refractivity contribution in [1.82, 2.24) is 4.90 Å². The van der Waals surface area contributed by atoms with E-state index >= 15 is 0 Å². The van der Waals surface area contributed by atoms with Gasteiger partial charge in [0.2, 0.25) is 5.76 Å². The molecule has 0 bridgehead atoms. The maximum absolute atomic E-state index is 13.7. The molecule has 1 unspecified atom stereocenters. The number of ether oxygens (including phenoxy) is 1. The molecule has 1 atom stereocenters. The topological polar surface area (TPSA) is 59.8 Å². The van der Waals surface area contributed by atoms with Crippen LogP contribution in [0.5, 0.6) is 5.75 Å². The minimum absolute atomic E-state index is 0.119. The summed E-state index contributed by atoms with van der Waals surface area (Å²) in [5.41, 5.74) is 3.53.